The Hall–Kier alpha value is -1.85. The molecule has 1 aromatic heterocycles. The summed E-state index contributed by atoms with van der Waals surface area (Å²) < 4.78 is 0. The number of aromatic amines is 1. The normalized spacial score (nSPS) is 30.8. The lowest BCUT2D eigenvalue weighted by Gasteiger charge is -2.28. The fourth-order valence-corrected chi connectivity index (χ4v) is 3.83. The van der Waals surface area contributed by atoms with E-state index in [1.165, 1.54) is 0 Å². The zero-order valence-corrected chi connectivity index (χ0v) is 12.3. The van der Waals surface area contributed by atoms with Crippen LogP contribution < -0.4 is 5.32 Å². The van der Waals surface area contributed by atoms with Crippen LogP contribution in [0.25, 0.3) is 0 Å². The van der Waals surface area contributed by atoms with Crippen molar-refractivity contribution in [3.05, 3.63) is 17.5 Å². The molecule has 3 N–H and O–H groups in total. The van der Waals surface area contributed by atoms with Crippen molar-refractivity contribution in [1.82, 2.24) is 15.5 Å². The van der Waals surface area contributed by atoms with Crippen molar-refractivity contribution in [2.24, 2.45) is 17.8 Å². The molecule has 2 aliphatic rings. The molecule has 0 radical (unpaired) electrons. The predicted octanol–water partition coefficient (Wildman–Crippen LogP) is 1.76. The molecule has 3 rings (SSSR count). The largest absolute Gasteiger partial charge is 0.481 e. The van der Waals surface area contributed by atoms with E-state index in [2.05, 4.69) is 15.5 Å². The molecule has 114 valence electrons. The van der Waals surface area contributed by atoms with Crippen LogP contribution in [0.2, 0.25) is 0 Å². The highest BCUT2D eigenvalue weighted by Crippen LogP contribution is 2.48. The Balaban J connectivity index is 1.73. The number of amides is 1. The number of nitrogens with zero attached hydrogens (tertiary/aromatic N) is 1. The standard InChI is InChI=1S/C15H21N3O3/c1-7(2)10-6-11(18-17-10)14(19)16-13-9-4-3-8(5-9)12(13)15(20)21/h6-9,12-13H,3-5H2,1-2H3,(H,16,19)(H,17,18)(H,20,21). The van der Waals surface area contributed by atoms with Crippen LogP contribution in [0.1, 0.15) is 55.2 Å². The van der Waals surface area contributed by atoms with E-state index in [-0.39, 0.29) is 23.8 Å². The number of carboxylic acids is 1. The number of nitrogens with one attached hydrogen (secondary N) is 2. The number of hydrogen-bond acceptors (Lipinski definition) is 3. The highest BCUT2D eigenvalue weighted by atomic mass is 16.4. The van der Waals surface area contributed by atoms with Gasteiger partial charge in [-0.3, -0.25) is 14.7 Å². The molecule has 2 saturated carbocycles. The number of rotatable bonds is 4. The van der Waals surface area contributed by atoms with Gasteiger partial charge in [0.2, 0.25) is 0 Å². The monoisotopic (exact) mass is 291 g/mol. The molecule has 1 heterocycles. The topological polar surface area (TPSA) is 95.1 Å². The molecule has 1 aromatic rings. The number of hydrogen-bond donors (Lipinski definition) is 3. The Morgan fingerprint density at radius 2 is 2.10 bits per heavy atom. The first-order valence-corrected chi connectivity index (χ1v) is 7.56. The van der Waals surface area contributed by atoms with Crippen LogP contribution in [0.3, 0.4) is 0 Å². The highest BCUT2D eigenvalue weighted by molar-refractivity contribution is 5.93. The molecule has 2 bridgehead atoms. The summed E-state index contributed by atoms with van der Waals surface area (Å²) >= 11 is 0. The maximum Gasteiger partial charge on any atom is 0.308 e. The maximum absolute atomic E-state index is 12.3. The molecule has 2 fully saturated rings. The van der Waals surface area contributed by atoms with Crippen molar-refractivity contribution < 1.29 is 14.7 Å². The minimum Gasteiger partial charge on any atom is -0.481 e. The fraction of sp³-hybridized carbons (Fsp3) is 0.667. The van der Waals surface area contributed by atoms with Gasteiger partial charge in [-0.25, -0.2) is 0 Å². The number of aliphatic carboxylic acids is 1. The van der Waals surface area contributed by atoms with Gasteiger partial charge in [-0.15, -0.1) is 0 Å². The van der Waals surface area contributed by atoms with Crippen molar-refractivity contribution in [3.63, 3.8) is 0 Å². The van der Waals surface area contributed by atoms with E-state index in [1.54, 1.807) is 6.07 Å². The van der Waals surface area contributed by atoms with Crippen LogP contribution >= 0.6 is 0 Å². The van der Waals surface area contributed by atoms with Crippen LogP contribution in [-0.2, 0) is 4.79 Å². The van der Waals surface area contributed by atoms with E-state index in [1.807, 2.05) is 13.8 Å². The summed E-state index contributed by atoms with van der Waals surface area (Å²) in [4.78, 5) is 23.7. The third kappa shape index (κ3) is 2.43. The molecule has 2 aliphatic carbocycles. The van der Waals surface area contributed by atoms with E-state index >= 15 is 0 Å². The van der Waals surface area contributed by atoms with E-state index in [0.29, 0.717) is 11.6 Å². The Labute approximate surface area is 123 Å². The average Bonchev–Trinajstić information content (AvgIpc) is 3.13. The smallest absolute Gasteiger partial charge is 0.308 e. The molecule has 1 amide bonds. The van der Waals surface area contributed by atoms with Gasteiger partial charge in [0.15, 0.2) is 0 Å². The van der Waals surface area contributed by atoms with Crippen LogP contribution in [0.5, 0.6) is 0 Å². The van der Waals surface area contributed by atoms with E-state index < -0.39 is 11.9 Å². The summed E-state index contributed by atoms with van der Waals surface area (Å²) in [5.74, 6) is -0.740. The van der Waals surface area contributed by atoms with Crippen LogP contribution in [-0.4, -0.2) is 33.2 Å². The number of fused-ring (bicyclic) bond motifs is 2. The highest BCUT2D eigenvalue weighted by Gasteiger charge is 2.51. The van der Waals surface area contributed by atoms with E-state index in [9.17, 15) is 14.7 Å². The van der Waals surface area contributed by atoms with Gasteiger partial charge in [0.1, 0.15) is 5.69 Å². The molecule has 6 heteroatoms. The number of carboxylic acid groups (broad SMARTS) is 1. The van der Waals surface area contributed by atoms with Gasteiger partial charge < -0.3 is 10.4 Å². The van der Waals surface area contributed by atoms with Gasteiger partial charge in [-0.2, -0.15) is 5.10 Å². The quantitative estimate of drug-likeness (QED) is 0.787. The van der Waals surface area contributed by atoms with Crippen LogP contribution in [0.15, 0.2) is 6.07 Å². The van der Waals surface area contributed by atoms with E-state index in [0.717, 1.165) is 25.0 Å². The molecule has 6 nitrogen and oxygen atoms in total. The molecule has 4 unspecified atom stereocenters. The Morgan fingerprint density at radius 1 is 1.38 bits per heavy atom. The molecule has 21 heavy (non-hydrogen) atoms. The summed E-state index contributed by atoms with van der Waals surface area (Å²) in [7, 11) is 0. The second-order valence-electron chi connectivity index (χ2n) is 6.56. The lowest BCUT2D eigenvalue weighted by Crippen LogP contribution is -2.46. The second-order valence-corrected chi connectivity index (χ2v) is 6.56. The molecular weight excluding hydrogens is 270 g/mol. The van der Waals surface area contributed by atoms with Crippen molar-refractivity contribution in [1.29, 1.82) is 0 Å². The lowest BCUT2D eigenvalue weighted by atomic mass is 9.84. The van der Waals surface area contributed by atoms with Crippen molar-refractivity contribution >= 4 is 11.9 Å². The first-order chi connectivity index (χ1) is 9.97. The summed E-state index contributed by atoms with van der Waals surface area (Å²) in [5.41, 5.74) is 1.24. The first-order valence-electron chi connectivity index (χ1n) is 7.56. The van der Waals surface area contributed by atoms with Crippen LogP contribution in [0.4, 0.5) is 0 Å². The van der Waals surface area contributed by atoms with Gasteiger partial charge in [0.25, 0.3) is 5.91 Å². The zero-order valence-electron chi connectivity index (χ0n) is 12.3. The van der Waals surface area contributed by atoms with Crippen molar-refractivity contribution in [2.75, 3.05) is 0 Å². The number of H-pyrrole nitrogens is 1. The molecule has 0 spiro atoms. The lowest BCUT2D eigenvalue weighted by molar-refractivity contribution is -0.144. The minimum atomic E-state index is -0.794. The summed E-state index contributed by atoms with van der Waals surface area (Å²) in [6, 6.07) is 1.48. The minimum absolute atomic E-state index is 0.211. The average molecular weight is 291 g/mol. The predicted molar refractivity (Wildman–Crippen MR) is 75.9 cm³/mol. The summed E-state index contributed by atoms with van der Waals surface area (Å²) in [6.07, 6.45) is 2.89. The molecule has 0 aromatic carbocycles. The van der Waals surface area contributed by atoms with Crippen molar-refractivity contribution in [3.8, 4) is 0 Å². The number of carbonyl (C=O) groups is 2. The summed E-state index contributed by atoms with van der Waals surface area (Å²) in [5, 5.41) is 19.2. The van der Waals surface area contributed by atoms with Crippen LogP contribution in [0, 0.1) is 17.8 Å². The van der Waals surface area contributed by atoms with Gasteiger partial charge in [-0.1, -0.05) is 13.8 Å². The van der Waals surface area contributed by atoms with Gasteiger partial charge in [0, 0.05) is 11.7 Å². The fourth-order valence-electron chi connectivity index (χ4n) is 3.83. The molecule has 4 atom stereocenters. The Bertz CT molecular complexity index is 566. The SMILES string of the molecule is CC(C)c1cc(C(=O)NC2C3CCC(C3)C2C(=O)O)n[nH]1. The third-order valence-electron chi connectivity index (χ3n) is 4.95. The molecule has 0 saturated heterocycles. The van der Waals surface area contributed by atoms with E-state index in [4.69, 9.17) is 0 Å². The second kappa shape index (κ2) is 5.16. The Morgan fingerprint density at radius 3 is 2.71 bits per heavy atom. The van der Waals surface area contributed by atoms with Crippen molar-refractivity contribution in [2.45, 2.75) is 45.1 Å². The molecule has 0 aliphatic heterocycles. The van der Waals surface area contributed by atoms with Gasteiger partial charge in [0.05, 0.1) is 5.92 Å². The third-order valence-corrected chi connectivity index (χ3v) is 4.95. The first kappa shape index (κ1) is 14.1. The maximum atomic E-state index is 12.3. The zero-order chi connectivity index (χ0) is 15.1. The molecular formula is C15H21N3O3. The Kier molecular flexibility index (Phi) is 3.47. The van der Waals surface area contributed by atoms with Gasteiger partial charge >= 0.3 is 5.97 Å². The number of carbonyl (C=O) groups excluding carboxylic acids is 1. The van der Waals surface area contributed by atoms with Gasteiger partial charge in [-0.05, 0) is 43.1 Å². The number of aromatic nitrogens is 2. The summed E-state index contributed by atoms with van der Waals surface area (Å²) in [6.45, 7) is 4.04.